The average Bonchev–Trinajstić information content (AvgIpc) is 2.76. The lowest BCUT2D eigenvalue weighted by Crippen LogP contribution is -2.56. The number of ketones is 2. The van der Waals surface area contributed by atoms with E-state index in [2.05, 4.69) is 0 Å². The molecule has 4 atom stereocenters. The second kappa shape index (κ2) is 12.8. The molecule has 0 aliphatic carbocycles. The molecule has 0 aliphatic heterocycles. The summed E-state index contributed by atoms with van der Waals surface area (Å²) in [7, 11) is 7.68. The largest absolute Gasteiger partial charge is 0.335 e. The van der Waals surface area contributed by atoms with Crippen LogP contribution in [0.3, 0.4) is 0 Å². The van der Waals surface area contributed by atoms with Crippen LogP contribution >= 0.6 is 0 Å². The van der Waals surface area contributed by atoms with E-state index in [1.54, 1.807) is 32.8 Å². The van der Waals surface area contributed by atoms with Crippen LogP contribution in [-0.2, 0) is 28.8 Å². The van der Waals surface area contributed by atoms with Gasteiger partial charge in [0.25, 0.3) is 0 Å². The van der Waals surface area contributed by atoms with Crippen LogP contribution < -0.4 is 0 Å². The SMILES string of the molecule is CC(=O)/C=C/C(=O)CC(C(=O)N(C)C(C)C(=O)N(C)C(C)C(=O)N(C)C(C)C=O)N(C)C. The normalized spacial score (nSPS) is 14.9. The molecule has 0 aromatic carbocycles. The standard InChI is InChI=1S/C22H36N4O6/c1-14(13-27)24(7)20(30)16(3)25(8)21(31)17(4)26(9)22(32)19(23(5)6)12-18(29)11-10-15(2)28/h10-11,13-14,16-17,19H,12H2,1-9H3/b11-10+. The molecule has 0 radical (unpaired) electrons. The van der Waals surface area contributed by atoms with E-state index in [4.69, 9.17) is 0 Å². The predicted molar refractivity (Wildman–Crippen MR) is 120 cm³/mol. The lowest BCUT2D eigenvalue weighted by atomic mass is 10.1. The Labute approximate surface area is 190 Å². The molecule has 0 heterocycles. The number of likely N-dealkylation sites (N-methyl/N-ethyl adjacent to an activating group) is 4. The summed E-state index contributed by atoms with van der Waals surface area (Å²) >= 11 is 0. The Morgan fingerprint density at radius 3 is 1.56 bits per heavy atom. The zero-order valence-corrected chi connectivity index (χ0v) is 20.5. The first-order chi connectivity index (χ1) is 14.7. The number of amides is 3. The predicted octanol–water partition coefficient (Wildman–Crippen LogP) is -0.239. The van der Waals surface area contributed by atoms with Crippen LogP contribution in [0.25, 0.3) is 0 Å². The third-order valence-electron chi connectivity index (χ3n) is 5.53. The molecular weight excluding hydrogens is 416 g/mol. The highest BCUT2D eigenvalue weighted by Gasteiger charge is 2.35. The van der Waals surface area contributed by atoms with Gasteiger partial charge in [-0.1, -0.05) is 0 Å². The Kier molecular flexibility index (Phi) is 11.7. The minimum absolute atomic E-state index is 0.153. The summed E-state index contributed by atoms with van der Waals surface area (Å²) in [5.41, 5.74) is 0. The molecule has 0 aliphatic rings. The van der Waals surface area contributed by atoms with E-state index in [1.165, 1.54) is 49.7 Å². The Morgan fingerprint density at radius 2 is 1.16 bits per heavy atom. The summed E-state index contributed by atoms with van der Waals surface area (Å²) in [6.07, 6.45) is 2.76. The first-order valence-corrected chi connectivity index (χ1v) is 10.3. The Bertz CT molecular complexity index is 764. The van der Waals surface area contributed by atoms with Gasteiger partial charge < -0.3 is 19.5 Å². The minimum Gasteiger partial charge on any atom is -0.335 e. The first kappa shape index (κ1) is 29.1. The van der Waals surface area contributed by atoms with E-state index < -0.39 is 41.9 Å². The van der Waals surface area contributed by atoms with E-state index in [-0.39, 0.29) is 18.0 Å². The molecule has 180 valence electrons. The number of aldehydes is 1. The van der Waals surface area contributed by atoms with Crippen LogP contribution in [0.5, 0.6) is 0 Å². The van der Waals surface area contributed by atoms with Gasteiger partial charge in [-0.05, 0) is 53.9 Å². The zero-order valence-electron chi connectivity index (χ0n) is 20.5. The van der Waals surface area contributed by atoms with Gasteiger partial charge in [0.15, 0.2) is 11.6 Å². The molecule has 0 N–H and O–H groups in total. The maximum absolute atomic E-state index is 13.0. The Balaban J connectivity index is 5.41. The van der Waals surface area contributed by atoms with Gasteiger partial charge in [-0.15, -0.1) is 0 Å². The van der Waals surface area contributed by atoms with Gasteiger partial charge in [0, 0.05) is 27.6 Å². The second-order valence-electron chi connectivity index (χ2n) is 8.17. The number of carbonyl (C=O) groups is 6. The van der Waals surface area contributed by atoms with Gasteiger partial charge in [0.05, 0.1) is 12.1 Å². The van der Waals surface area contributed by atoms with E-state index in [1.807, 2.05) is 0 Å². The molecule has 0 rings (SSSR count). The highest BCUT2D eigenvalue weighted by atomic mass is 16.2. The van der Waals surface area contributed by atoms with Crippen molar-refractivity contribution < 1.29 is 28.8 Å². The second-order valence-corrected chi connectivity index (χ2v) is 8.17. The number of carbonyl (C=O) groups excluding carboxylic acids is 6. The molecule has 4 unspecified atom stereocenters. The smallest absolute Gasteiger partial charge is 0.245 e. The maximum Gasteiger partial charge on any atom is 0.245 e. The van der Waals surface area contributed by atoms with Crippen molar-refractivity contribution in [2.24, 2.45) is 0 Å². The van der Waals surface area contributed by atoms with Crippen LogP contribution in [0.2, 0.25) is 0 Å². The molecule has 0 bridgehead atoms. The lowest BCUT2D eigenvalue weighted by molar-refractivity contribution is -0.151. The summed E-state index contributed by atoms with van der Waals surface area (Å²) < 4.78 is 0. The topological polar surface area (TPSA) is 115 Å². The summed E-state index contributed by atoms with van der Waals surface area (Å²) in [5.74, 6) is -1.98. The Hall–Kier alpha value is -2.88. The van der Waals surface area contributed by atoms with Crippen molar-refractivity contribution in [3.63, 3.8) is 0 Å². The Morgan fingerprint density at radius 1 is 0.719 bits per heavy atom. The van der Waals surface area contributed by atoms with E-state index in [0.717, 1.165) is 12.2 Å². The average molecular weight is 453 g/mol. The number of allylic oxidation sites excluding steroid dienone is 2. The molecule has 0 fully saturated rings. The van der Waals surface area contributed by atoms with Crippen molar-refractivity contribution in [1.82, 2.24) is 19.6 Å². The molecule has 0 saturated carbocycles. The monoisotopic (exact) mass is 452 g/mol. The summed E-state index contributed by atoms with van der Waals surface area (Å²) in [4.78, 5) is 77.9. The van der Waals surface area contributed by atoms with Gasteiger partial charge in [0.2, 0.25) is 17.7 Å². The minimum atomic E-state index is -0.901. The molecule has 32 heavy (non-hydrogen) atoms. The van der Waals surface area contributed by atoms with Crippen LogP contribution in [0, 0.1) is 0 Å². The van der Waals surface area contributed by atoms with E-state index in [0.29, 0.717) is 6.29 Å². The van der Waals surface area contributed by atoms with Gasteiger partial charge in [-0.25, -0.2) is 0 Å². The van der Waals surface area contributed by atoms with Crippen molar-refractivity contribution in [3.05, 3.63) is 12.2 Å². The third kappa shape index (κ3) is 7.99. The number of hydrogen-bond acceptors (Lipinski definition) is 7. The fraction of sp³-hybridized carbons (Fsp3) is 0.636. The third-order valence-corrected chi connectivity index (χ3v) is 5.53. The van der Waals surface area contributed by atoms with Gasteiger partial charge in [-0.3, -0.25) is 28.9 Å². The fourth-order valence-corrected chi connectivity index (χ4v) is 2.79. The van der Waals surface area contributed by atoms with Crippen molar-refractivity contribution in [3.8, 4) is 0 Å². The molecule has 0 aromatic rings. The van der Waals surface area contributed by atoms with Crippen molar-refractivity contribution in [2.75, 3.05) is 35.2 Å². The molecule has 10 nitrogen and oxygen atoms in total. The molecule has 0 spiro atoms. The molecule has 0 saturated heterocycles. The molecule has 3 amide bonds. The van der Waals surface area contributed by atoms with Crippen LogP contribution in [-0.4, -0.2) is 115 Å². The first-order valence-electron chi connectivity index (χ1n) is 10.3. The van der Waals surface area contributed by atoms with Crippen molar-refractivity contribution >= 4 is 35.6 Å². The lowest BCUT2D eigenvalue weighted by Gasteiger charge is -2.35. The summed E-state index contributed by atoms with van der Waals surface area (Å²) in [6, 6.07) is -3.21. The highest BCUT2D eigenvalue weighted by molar-refractivity contribution is 6.00. The van der Waals surface area contributed by atoms with Gasteiger partial charge in [-0.2, -0.15) is 0 Å². The van der Waals surface area contributed by atoms with Gasteiger partial charge >= 0.3 is 0 Å². The quantitative estimate of drug-likeness (QED) is 0.296. The number of rotatable bonds is 12. The van der Waals surface area contributed by atoms with Crippen LogP contribution in [0.15, 0.2) is 12.2 Å². The molecule has 10 heteroatoms. The fourth-order valence-electron chi connectivity index (χ4n) is 2.79. The summed E-state index contributed by atoms with van der Waals surface area (Å²) in [6.45, 7) is 5.98. The highest BCUT2D eigenvalue weighted by Crippen LogP contribution is 2.12. The summed E-state index contributed by atoms with van der Waals surface area (Å²) in [5, 5.41) is 0. The van der Waals surface area contributed by atoms with E-state index in [9.17, 15) is 28.8 Å². The number of hydrogen-bond donors (Lipinski definition) is 0. The van der Waals surface area contributed by atoms with E-state index >= 15 is 0 Å². The maximum atomic E-state index is 13.0. The number of nitrogens with zero attached hydrogens (tertiary/aromatic N) is 4. The van der Waals surface area contributed by atoms with Crippen molar-refractivity contribution in [2.45, 2.75) is 58.3 Å². The molecular formula is C22H36N4O6. The van der Waals surface area contributed by atoms with Crippen LogP contribution in [0.4, 0.5) is 0 Å². The van der Waals surface area contributed by atoms with Gasteiger partial charge in [0.1, 0.15) is 18.4 Å². The van der Waals surface area contributed by atoms with Crippen molar-refractivity contribution in [1.29, 1.82) is 0 Å². The molecule has 0 aromatic heterocycles. The van der Waals surface area contributed by atoms with Crippen LogP contribution in [0.1, 0.15) is 34.1 Å². The zero-order chi connectivity index (χ0) is 25.3.